The smallest absolute Gasteiger partial charge is 0.234 e. The van der Waals surface area contributed by atoms with E-state index in [-0.39, 0.29) is 17.4 Å². The molecule has 1 unspecified atom stereocenters. The van der Waals surface area contributed by atoms with Crippen molar-refractivity contribution in [2.45, 2.75) is 43.6 Å². The van der Waals surface area contributed by atoms with Crippen molar-refractivity contribution >= 4 is 5.91 Å². The molecular formula is C23H33N5O. The van der Waals surface area contributed by atoms with Gasteiger partial charge in [-0.3, -0.25) is 9.69 Å². The summed E-state index contributed by atoms with van der Waals surface area (Å²) in [5, 5.41) is 6.73. The summed E-state index contributed by atoms with van der Waals surface area (Å²) in [6.07, 6.45) is 9.88. The summed E-state index contributed by atoms with van der Waals surface area (Å²) in [7, 11) is 2.02. The lowest BCUT2D eigenvalue weighted by atomic mass is 9.69. The number of nitrogens with zero attached hydrogens (tertiary/aromatic N) is 3. The van der Waals surface area contributed by atoms with Crippen LogP contribution in [0.2, 0.25) is 0 Å². The Bertz CT molecular complexity index is 797. The summed E-state index contributed by atoms with van der Waals surface area (Å²) >= 11 is 0. The molecular weight excluding hydrogens is 362 g/mol. The average molecular weight is 396 g/mol. The molecule has 2 aromatic rings. The lowest BCUT2D eigenvalue weighted by Crippen LogP contribution is -2.51. The Morgan fingerprint density at radius 2 is 2.03 bits per heavy atom. The SMILES string of the molecule is Cn1ccnc1C1CNCCN1CC(=O)NCC1(c2ccccc2)CCCCC1. The fraction of sp³-hybridized carbons (Fsp3) is 0.565. The van der Waals surface area contributed by atoms with E-state index in [0.29, 0.717) is 6.54 Å². The standard InChI is InChI=1S/C23H33N5O/c1-27-14-13-25-22(27)20-16-24-12-15-28(20)17-21(29)26-18-23(10-6-3-7-11-23)19-8-4-2-5-9-19/h2,4-5,8-9,13-14,20,24H,3,6-7,10-12,15-18H2,1H3,(H,26,29). The second-order valence-electron chi connectivity index (χ2n) is 8.57. The fourth-order valence-corrected chi connectivity index (χ4v) is 4.98. The summed E-state index contributed by atoms with van der Waals surface area (Å²) in [5.74, 6) is 1.13. The number of carbonyl (C=O) groups excluding carboxylic acids is 1. The first-order chi connectivity index (χ1) is 14.2. The van der Waals surface area contributed by atoms with Gasteiger partial charge in [-0.15, -0.1) is 0 Å². The molecule has 2 aliphatic rings. The Kier molecular flexibility index (Phi) is 6.31. The second-order valence-corrected chi connectivity index (χ2v) is 8.57. The topological polar surface area (TPSA) is 62.2 Å². The molecule has 156 valence electrons. The zero-order chi connectivity index (χ0) is 20.1. The van der Waals surface area contributed by atoms with Crippen molar-refractivity contribution in [3.05, 3.63) is 54.1 Å². The third-order valence-electron chi connectivity index (χ3n) is 6.68. The molecule has 0 bridgehead atoms. The number of amides is 1. The van der Waals surface area contributed by atoms with Gasteiger partial charge in [0.15, 0.2) is 0 Å². The molecule has 1 atom stereocenters. The maximum atomic E-state index is 12.9. The monoisotopic (exact) mass is 395 g/mol. The number of imidazole rings is 1. The number of hydrogen-bond donors (Lipinski definition) is 2. The van der Waals surface area contributed by atoms with E-state index < -0.39 is 0 Å². The van der Waals surface area contributed by atoms with Crippen LogP contribution in [-0.4, -0.2) is 53.1 Å². The third kappa shape index (κ3) is 4.54. The zero-order valence-electron chi connectivity index (χ0n) is 17.4. The van der Waals surface area contributed by atoms with Gasteiger partial charge in [-0.1, -0.05) is 49.6 Å². The number of hydrogen-bond acceptors (Lipinski definition) is 4. The highest BCUT2D eigenvalue weighted by atomic mass is 16.2. The minimum absolute atomic E-state index is 0.0811. The second kappa shape index (κ2) is 9.09. The number of piperazine rings is 1. The van der Waals surface area contributed by atoms with Crippen molar-refractivity contribution in [2.24, 2.45) is 7.05 Å². The van der Waals surface area contributed by atoms with Gasteiger partial charge in [0.25, 0.3) is 0 Å². The number of benzene rings is 1. The fourth-order valence-electron chi connectivity index (χ4n) is 4.98. The highest BCUT2D eigenvalue weighted by Gasteiger charge is 2.35. The van der Waals surface area contributed by atoms with Gasteiger partial charge < -0.3 is 15.2 Å². The van der Waals surface area contributed by atoms with E-state index in [0.717, 1.165) is 44.8 Å². The van der Waals surface area contributed by atoms with Crippen LogP contribution in [0.5, 0.6) is 0 Å². The molecule has 6 nitrogen and oxygen atoms in total. The van der Waals surface area contributed by atoms with E-state index in [1.54, 1.807) is 0 Å². The summed E-state index contributed by atoms with van der Waals surface area (Å²) in [4.78, 5) is 19.7. The van der Waals surface area contributed by atoms with E-state index in [2.05, 4.69) is 55.4 Å². The summed E-state index contributed by atoms with van der Waals surface area (Å²) < 4.78 is 2.05. The van der Waals surface area contributed by atoms with Crippen LogP contribution in [-0.2, 0) is 17.3 Å². The van der Waals surface area contributed by atoms with Crippen molar-refractivity contribution in [3.63, 3.8) is 0 Å². The van der Waals surface area contributed by atoms with Gasteiger partial charge in [-0.25, -0.2) is 4.98 Å². The molecule has 29 heavy (non-hydrogen) atoms. The molecule has 1 aliphatic carbocycles. The van der Waals surface area contributed by atoms with Crippen molar-refractivity contribution in [3.8, 4) is 0 Å². The van der Waals surface area contributed by atoms with Gasteiger partial charge in [0.2, 0.25) is 5.91 Å². The largest absolute Gasteiger partial charge is 0.354 e. The van der Waals surface area contributed by atoms with Crippen LogP contribution in [0.15, 0.2) is 42.7 Å². The van der Waals surface area contributed by atoms with E-state index >= 15 is 0 Å². The molecule has 1 aromatic carbocycles. The molecule has 4 rings (SSSR count). The van der Waals surface area contributed by atoms with E-state index in [4.69, 9.17) is 0 Å². The van der Waals surface area contributed by atoms with Gasteiger partial charge >= 0.3 is 0 Å². The van der Waals surface area contributed by atoms with Crippen LogP contribution < -0.4 is 10.6 Å². The van der Waals surface area contributed by atoms with Crippen LogP contribution in [0.4, 0.5) is 0 Å². The van der Waals surface area contributed by atoms with Crippen LogP contribution in [0.1, 0.15) is 49.5 Å². The summed E-state index contributed by atoms with van der Waals surface area (Å²) in [5.41, 5.74) is 1.45. The minimum Gasteiger partial charge on any atom is -0.354 e. The molecule has 1 saturated heterocycles. The number of aromatic nitrogens is 2. The quantitative estimate of drug-likeness (QED) is 0.788. The van der Waals surface area contributed by atoms with Gasteiger partial charge in [0, 0.05) is 51.0 Å². The van der Waals surface area contributed by atoms with Gasteiger partial charge in [-0.2, -0.15) is 0 Å². The van der Waals surface area contributed by atoms with Gasteiger partial charge in [0.1, 0.15) is 5.82 Å². The Hall–Kier alpha value is -2.18. The van der Waals surface area contributed by atoms with Crippen molar-refractivity contribution in [1.29, 1.82) is 0 Å². The molecule has 0 spiro atoms. The molecule has 2 heterocycles. The van der Waals surface area contributed by atoms with Crippen LogP contribution in [0.25, 0.3) is 0 Å². The maximum absolute atomic E-state index is 12.9. The highest BCUT2D eigenvalue weighted by molar-refractivity contribution is 5.78. The van der Waals surface area contributed by atoms with Gasteiger partial charge in [0.05, 0.1) is 12.6 Å². The molecule has 1 aromatic heterocycles. The number of rotatable bonds is 6. The Morgan fingerprint density at radius 3 is 2.76 bits per heavy atom. The molecule has 2 fully saturated rings. The molecule has 1 saturated carbocycles. The first kappa shape index (κ1) is 20.1. The predicted molar refractivity (Wildman–Crippen MR) is 115 cm³/mol. The first-order valence-electron chi connectivity index (χ1n) is 10.9. The average Bonchev–Trinajstić information content (AvgIpc) is 3.20. The van der Waals surface area contributed by atoms with Crippen LogP contribution in [0.3, 0.4) is 0 Å². The normalized spacial score (nSPS) is 22.3. The summed E-state index contributed by atoms with van der Waals surface area (Å²) in [6.45, 7) is 3.74. The first-order valence-corrected chi connectivity index (χ1v) is 10.9. The Balaban J connectivity index is 1.41. The van der Waals surface area contributed by atoms with Crippen molar-refractivity contribution < 1.29 is 4.79 Å². The molecule has 1 aliphatic heterocycles. The number of aryl methyl sites for hydroxylation is 1. The molecule has 1 amide bonds. The maximum Gasteiger partial charge on any atom is 0.234 e. The predicted octanol–water partition coefficient (Wildman–Crippen LogP) is 2.38. The van der Waals surface area contributed by atoms with E-state index in [1.807, 2.05) is 19.4 Å². The number of nitrogens with one attached hydrogen (secondary N) is 2. The zero-order valence-corrected chi connectivity index (χ0v) is 17.4. The summed E-state index contributed by atoms with van der Waals surface area (Å²) in [6, 6.07) is 10.9. The lowest BCUT2D eigenvalue weighted by Gasteiger charge is -2.39. The van der Waals surface area contributed by atoms with Crippen molar-refractivity contribution in [1.82, 2.24) is 25.1 Å². The Morgan fingerprint density at radius 1 is 1.24 bits per heavy atom. The molecule has 0 radical (unpaired) electrons. The van der Waals surface area contributed by atoms with Crippen LogP contribution in [0, 0.1) is 0 Å². The number of carbonyl (C=O) groups is 1. The molecule has 2 N–H and O–H groups in total. The highest BCUT2D eigenvalue weighted by Crippen LogP contribution is 2.38. The lowest BCUT2D eigenvalue weighted by molar-refractivity contribution is -0.123. The minimum atomic E-state index is 0.0811. The van der Waals surface area contributed by atoms with Crippen molar-refractivity contribution in [2.75, 3.05) is 32.7 Å². The van der Waals surface area contributed by atoms with Gasteiger partial charge in [-0.05, 0) is 18.4 Å². The Labute approximate surface area is 173 Å². The van der Waals surface area contributed by atoms with E-state index in [9.17, 15) is 4.79 Å². The third-order valence-corrected chi connectivity index (χ3v) is 6.68. The molecule has 6 heteroatoms. The van der Waals surface area contributed by atoms with E-state index in [1.165, 1.54) is 24.8 Å². The van der Waals surface area contributed by atoms with Crippen LogP contribution >= 0.6 is 0 Å².